The number of carbonyl (C=O) groups is 3. The largest absolute Gasteiger partial charge is 0.480 e. The first-order valence-electron chi connectivity index (χ1n) is 6.37. The predicted molar refractivity (Wildman–Crippen MR) is 78.2 cm³/mol. The molecule has 1 aromatic rings. The van der Waals surface area contributed by atoms with E-state index in [-0.39, 0.29) is 23.0 Å². The molecule has 0 aliphatic carbocycles. The quantitative estimate of drug-likeness (QED) is 0.737. The average Bonchev–Trinajstić information content (AvgIpc) is 2.42. The Morgan fingerprint density at radius 1 is 1.24 bits per heavy atom. The highest BCUT2D eigenvalue weighted by Crippen LogP contribution is 2.14. The number of hydrogen-bond donors (Lipinski definition) is 3. The molecule has 0 heterocycles. The lowest BCUT2D eigenvalue weighted by Crippen LogP contribution is -2.48. The van der Waals surface area contributed by atoms with Gasteiger partial charge in [-0.2, -0.15) is 0 Å². The molecule has 1 atom stereocenters. The van der Waals surface area contributed by atoms with Gasteiger partial charge in [-0.15, -0.1) is 0 Å². The zero-order chi connectivity index (χ0) is 16.0. The second kappa shape index (κ2) is 7.64. The van der Waals surface area contributed by atoms with E-state index in [1.807, 2.05) is 0 Å². The van der Waals surface area contributed by atoms with Crippen LogP contribution in [0, 0.1) is 5.92 Å². The molecule has 0 bridgehead atoms. The van der Waals surface area contributed by atoms with Crippen molar-refractivity contribution in [1.29, 1.82) is 0 Å². The van der Waals surface area contributed by atoms with Crippen LogP contribution in [0.5, 0.6) is 0 Å². The third-order valence-corrected chi connectivity index (χ3v) is 3.11. The lowest BCUT2D eigenvalue weighted by Gasteiger charge is -2.18. The van der Waals surface area contributed by atoms with Crippen molar-refractivity contribution < 1.29 is 19.5 Å². The number of benzene rings is 1. The van der Waals surface area contributed by atoms with Crippen LogP contribution < -0.4 is 10.6 Å². The van der Waals surface area contributed by atoms with E-state index in [1.165, 1.54) is 6.07 Å². The van der Waals surface area contributed by atoms with Crippen molar-refractivity contribution in [2.24, 2.45) is 5.92 Å². The molecule has 3 N–H and O–H groups in total. The summed E-state index contributed by atoms with van der Waals surface area (Å²) >= 11 is 5.86. The van der Waals surface area contributed by atoms with Crippen molar-refractivity contribution in [2.45, 2.75) is 19.9 Å². The Morgan fingerprint density at radius 2 is 1.86 bits per heavy atom. The van der Waals surface area contributed by atoms with Gasteiger partial charge in [0.05, 0.1) is 17.1 Å². The van der Waals surface area contributed by atoms with Crippen molar-refractivity contribution in [1.82, 2.24) is 10.6 Å². The van der Waals surface area contributed by atoms with E-state index < -0.39 is 23.8 Å². The minimum atomic E-state index is -1.12. The molecule has 1 rings (SSSR count). The molecule has 0 aromatic heterocycles. The topological polar surface area (TPSA) is 95.5 Å². The molecule has 21 heavy (non-hydrogen) atoms. The van der Waals surface area contributed by atoms with Gasteiger partial charge in [0, 0.05) is 0 Å². The summed E-state index contributed by atoms with van der Waals surface area (Å²) < 4.78 is 0. The average molecular weight is 313 g/mol. The number of aliphatic carboxylic acids is 1. The number of rotatable bonds is 6. The van der Waals surface area contributed by atoms with E-state index in [0.29, 0.717) is 0 Å². The summed E-state index contributed by atoms with van der Waals surface area (Å²) in [5.74, 6) is -2.44. The molecule has 0 saturated heterocycles. The molecule has 0 saturated carbocycles. The summed E-state index contributed by atoms with van der Waals surface area (Å²) in [6.45, 7) is 3.04. The van der Waals surface area contributed by atoms with Crippen LogP contribution in [0.1, 0.15) is 24.2 Å². The van der Waals surface area contributed by atoms with E-state index in [1.54, 1.807) is 32.0 Å². The number of carboxylic acids is 1. The van der Waals surface area contributed by atoms with Crippen molar-refractivity contribution in [3.05, 3.63) is 34.9 Å². The van der Waals surface area contributed by atoms with Crippen molar-refractivity contribution in [3.8, 4) is 0 Å². The number of carboxylic acid groups (broad SMARTS) is 1. The number of carbonyl (C=O) groups excluding carboxylic acids is 2. The van der Waals surface area contributed by atoms with Crippen LogP contribution in [0.15, 0.2) is 24.3 Å². The molecule has 0 aliphatic heterocycles. The lowest BCUT2D eigenvalue weighted by molar-refractivity contribution is -0.142. The molecule has 0 radical (unpaired) electrons. The number of halogens is 1. The first-order valence-corrected chi connectivity index (χ1v) is 6.75. The zero-order valence-electron chi connectivity index (χ0n) is 11.7. The highest BCUT2D eigenvalue weighted by Gasteiger charge is 2.23. The maximum Gasteiger partial charge on any atom is 0.326 e. The molecule has 1 unspecified atom stereocenters. The van der Waals surface area contributed by atoms with Gasteiger partial charge in [0.1, 0.15) is 6.04 Å². The van der Waals surface area contributed by atoms with Crippen LogP contribution in [0.2, 0.25) is 5.02 Å². The van der Waals surface area contributed by atoms with Gasteiger partial charge in [-0.05, 0) is 18.1 Å². The Kier molecular flexibility index (Phi) is 6.17. The first kappa shape index (κ1) is 17.0. The Morgan fingerprint density at radius 3 is 2.38 bits per heavy atom. The first-order chi connectivity index (χ1) is 9.82. The smallest absolute Gasteiger partial charge is 0.326 e. The van der Waals surface area contributed by atoms with Crippen LogP contribution in [0.4, 0.5) is 0 Å². The van der Waals surface area contributed by atoms with Gasteiger partial charge in [-0.1, -0.05) is 37.6 Å². The molecule has 0 fully saturated rings. The van der Waals surface area contributed by atoms with Crippen molar-refractivity contribution >= 4 is 29.4 Å². The van der Waals surface area contributed by atoms with Crippen molar-refractivity contribution in [2.75, 3.05) is 6.54 Å². The highest BCUT2D eigenvalue weighted by atomic mass is 35.5. The van der Waals surface area contributed by atoms with Crippen LogP contribution >= 0.6 is 11.6 Å². The van der Waals surface area contributed by atoms with Crippen LogP contribution in [-0.4, -0.2) is 35.5 Å². The third-order valence-electron chi connectivity index (χ3n) is 2.78. The summed E-state index contributed by atoms with van der Waals surface area (Å²) in [4.78, 5) is 34.5. The van der Waals surface area contributed by atoms with Crippen LogP contribution in [0.25, 0.3) is 0 Å². The highest BCUT2D eigenvalue weighted by molar-refractivity contribution is 6.33. The van der Waals surface area contributed by atoms with Crippen LogP contribution in [-0.2, 0) is 9.59 Å². The fourth-order valence-electron chi connectivity index (χ4n) is 1.64. The molecular formula is C14H17ClN2O4. The van der Waals surface area contributed by atoms with Gasteiger partial charge in [-0.25, -0.2) is 4.79 Å². The molecule has 6 nitrogen and oxygen atoms in total. The summed E-state index contributed by atoms with van der Waals surface area (Å²) in [5.41, 5.74) is 0.255. The standard InChI is InChI=1S/C14H17ClN2O4/c1-8(2)12(14(20)21)17-11(18)7-16-13(19)9-5-3-4-6-10(9)15/h3-6,8,12H,7H2,1-2H3,(H,16,19)(H,17,18)(H,20,21). The van der Waals surface area contributed by atoms with Gasteiger partial charge in [0.15, 0.2) is 0 Å². The van der Waals surface area contributed by atoms with E-state index in [4.69, 9.17) is 16.7 Å². The molecule has 7 heteroatoms. The zero-order valence-corrected chi connectivity index (χ0v) is 12.5. The minimum Gasteiger partial charge on any atom is -0.480 e. The van der Waals surface area contributed by atoms with E-state index in [0.717, 1.165) is 0 Å². The number of amides is 2. The molecular weight excluding hydrogens is 296 g/mol. The fraction of sp³-hybridized carbons (Fsp3) is 0.357. The van der Waals surface area contributed by atoms with E-state index in [2.05, 4.69) is 10.6 Å². The molecule has 2 amide bonds. The number of nitrogens with one attached hydrogen (secondary N) is 2. The summed E-state index contributed by atoms with van der Waals surface area (Å²) in [7, 11) is 0. The Hall–Kier alpha value is -2.08. The normalized spacial score (nSPS) is 11.8. The minimum absolute atomic E-state index is 0.255. The third kappa shape index (κ3) is 5.07. The van der Waals surface area contributed by atoms with Gasteiger partial charge >= 0.3 is 5.97 Å². The van der Waals surface area contributed by atoms with Gasteiger partial charge in [-0.3, -0.25) is 9.59 Å². The SMILES string of the molecule is CC(C)C(NC(=O)CNC(=O)c1ccccc1Cl)C(=O)O. The second-order valence-corrected chi connectivity index (χ2v) is 5.20. The molecule has 0 spiro atoms. The second-order valence-electron chi connectivity index (χ2n) is 4.79. The summed E-state index contributed by atoms with van der Waals surface area (Å²) in [6.07, 6.45) is 0. The molecule has 1 aromatic carbocycles. The Balaban J connectivity index is 2.55. The summed E-state index contributed by atoms with van der Waals surface area (Å²) in [6, 6.07) is 5.45. The number of hydrogen-bond acceptors (Lipinski definition) is 3. The molecule has 0 aliphatic rings. The maximum absolute atomic E-state index is 11.8. The summed E-state index contributed by atoms with van der Waals surface area (Å²) in [5, 5.41) is 14.0. The van der Waals surface area contributed by atoms with Gasteiger partial charge < -0.3 is 15.7 Å². The fourth-order valence-corrected chi connectivity index (χ4v) is 1.86. The van der Waals surface area contributed by atoms with E-state index >= 15 is 0 Å². The monoisotopic (exact) mass is 312 g/mol. The van der Waals surface area contributed by atoms with Gasteiger partial charge in [0.25, 0.3) is 5.91 Å². The molecule has 114 valence electrons. The Labute approximate surface area is 127 Å². The predicted octanol–water partition coefficient (Wildman–Crippen LogP) is 1.30. The van der Waals surface area contributed by atoms with Gasteiger partial charge in [0.2, 0.25) is 5.91 Å². The lowest BCUT2D eigenvalue weighted by atomic mass is 10.1. The van der Waals surface area contributed by atoms with Crippen LogP contribution in [0.3, 0.4) is 0 Å². The maximum atomic E-state index is 11.8. The van der Waals surface area contributed by atoms with Crippen molar-refractivity contribution in [3.63, 3.8) is 0 Å². The van der Waals surface area contributed by atoms with E-state index in [9.17, 15) is 14.4 Å². The Bertz CT molecular complexity index is 546.